The number of amides is 1. The molecule has 0 aliphatic carbocycles. The minimum Gasteiger partial charge on any atom is -0.495 e. The van der Waals surface area contributed by atoms with E-state index in [2.05, 4.69) is 10.4 Å². The SMILES string of the molecule is COc1ccccc1NC(=O)CCc1c(C)n(C)c2cc(-c3ccc(OC)c(OC)c3)nn2c1=O. The van der Waals surface area contributed by atoms with Crippen LogP contribution in [0, 0.1) is 6.92 Å². The fraction of sp³-hybridized carbons (Fsp3) is 0.269. The number of nitrogens with one attached hydrogen (secondary N) is 1. The zero-order chi connectivity index (χ0) is 25.1. The molecule has 1 amide bonds. The Kier molecular flexibility index (Phi) is 6.77. The molecule has 0 atom stereocenters. The first-order chi connectivity index (χ1) is 16.9. The summed E-state index contributed by atoms with van der Waals surface area (Å²) in [5, 5.41) is 7.41. The number of aromatic nitrogens is 3. The molecule has 0 aliphatic rings. The standard InChI is InChI=1S/C26H28N4O5/c1-16-18(11-13-24(31)27-19-8-6-7-9-21(19)33-3)26(32)30-25(29(16)2)15-20(28-30)17-10-12-22(34-4)23(14-17)35-5/h6-10,12,14-15H,11,13H2,1-5H3,(H,27,31). The van der Waals surface area contributed by atoms with E-state index in [1.165, 1.54) is 4.52 Å². The van der Waals surface area contributed by atoms with Gasteiger partial charge in [0.05, 0.1) is 32.7 Å². The van der Waals surface area contributed by atoms with Crippen molar-refractivity contribution in [2.45, 2.75) is 19.8 Å². The van der Waals surface area contributed by atoms with Gasteiger partial charge in [-0.25, -0.2) is 0 Å². The maximum absolute atomic E-state index is 13.3. The number of nitrogens with zero attached hydrogens (tertiary/aromatic N) is 3. The number of anilines is 1. The van der Waals surface area contributed by atoms with E-state index in [4.69, 9.17) is 14.2 Å². The van der Waals surface area contributed by atoms with Crippen molar-refractivity contribution in [1.82, 2.24) is 14.2 Å². The molecule has 0 saturated carbocycles. The number of methoxy groups -OCH3 is 3. The van der Waals surface area contributed by atoms with Gasteiger partial charge >= 0.3 is 0 Å². The molecule has 35 heavy (non-hydrogen) atoms. The molecule has 1 N–H and O–H groups in total. The molecule has 0 saturated heterocycles. The minimum atomic E-state index is -0.243. The van der Waals surface area contributed by atoms with E-state index < -0.39 is 0 Å². The molecule has 0 unspecified atom stereocenters. The molecule has 0 radical (unpaired) electrons. The molecule has 182 valence electrons. The molecule has 2 heterocycles. The third-order valence-electron chi connectivity index (χ3n) is 6.09. The van der Waals surface area contributed by atoms with E-state index in [1.807, 2.05) is 48.9 Å². The lowest BCUT2D eigenvalue weighted by molar-refractivity contribution is -0.116. The van der Waals surface area contributed by atoms with Gasteiger partial charge in [0.15, 0.2) is 11.5 Å². The van der Waals surface area contributed by atoms with Crippen LogP contribution in [0.5, 0.6) is 17.2 Å². The Labute approximate surface area is 202 Å². The lowest BCUT2D eigenvalue weighted by Gasteiger charge is -2.13. The van der Waals surface area contributed by atoms with Crippen LogP contribution in [0.25, 0.3) is 16.9 Å². The summed E-state index contributed by atoms with van der Waals surface area (Å²) in [5.74, 6) is 1.56. The average molecular weight is 477 g/mol. The molecule has 4 rings (SSSR count). The van der Waals surface area contributed by atoms with Crippen LogP contribution in [0.2, 0.25) is 0 Å². The highest BCUT2D eigenvalue weighted by atomic mass is 16.5. The number of carbonyl (C=O) groups is 1. The Morgan fingerprint density at radius 1 is 0.971 bits per heavy atom. The minimum absolute atomic E-state index is 0.142. The van der Waals surface area contributed by atoms with Crippen LogP contribution >= 0.6 is 0 Å². The predicted octanol–water partition coefficient (Wildman–Crippen LogP) is 3.61. The zero-order valence-electron chi connectivity index (χ0n) is 20.4. The Balaban J connectivity index is 1.63. The first kappa shape index (κ1) is 23.9. The summed E-state index contributed by atoms with van der Waals surface area (Å²) in [4.78, 5) is 25.9. The van der Waals surface area contributed by atoms with Crippen LogP contribution in [0.1, 0.15) is 17.7 Å². The van der Waals surface area contributed by atoms with E-state index in [9.17, 15) is 9.59 Å². The molecule has 0 fully saturated rings. The fourth-order valence-electron chi connectivity index (χ4n) is 4.04. The molecule has 0 aliphatic heterocycles. The van der Waals surface area contributed by atoms with E-state index in [1.54, 1.807) is 39.5 Å². The number of aryl methyl sites for hydroxylation is 1. The number of benzene rings is 2. The summed E-state index contributed by atoms with van der Waals surface area (Å²) in [6, 6.07) is 14.5. The largest absolute Gasteiger partial charge is 0.495 e. The number of fused-ring (bicyclic) bond motifs is 1. The number of hydrogen-bond donors (Lipinski definition) is 1. The maximum Gasteiger partial charge on any atom is 0.277 e. The highest BCUT2D eigenvalue weighted by molar-refractivity contribution is 5.92. The van der Waals surface area contributed by atoms with Crippen molar-refractivity contribution >= 4 is 17.2 Å². The topological polar surface area (TPSA) is 96.1 Å². The van der Waals surface area contributed by atoms with E-state index in [0.717, 1.165) is 11.3 Å². The van der Waals surface area contributed by atoms with Gasteiger partial charge in [0.2, 0.25) is 5.91 Å². The fourth-order valence-corrected chi connectivity index (χ4v) is 4.04. The average Bonchev–Trinajstić information content (AvgIpc) is 3.33. The predicted molar refractivity (Wildman–Crippen MR) is 134 cm³/mol. The molecular formula is C26H28N4O5. The molecule has 2 aromatic carbocycles. The van der Waals surface area contributed by atoms with Gasteiger partial charge in [-0.1, -0.05) is 12.1 Å². The van der Waals surface area contributed by atoms with E-state index in [0.29, 0.717) is 39.8 Å². The molecule has 4 aromatic rings. The lowest BCUT2D eigenvalue weighted by Crippen LogP contribution is -2.26. The van der Waals surface area contributed by atoms with E-state index in [-0.39, 0.29) is 24.3 Å². The summed E-state index contributed by atoms with van der Waals surface area (Å²) in [6.07, 6.45) is 0.421. The molecule has 9 nitrogen and oxygen atoms in total. The van der Waals surface area contributed by atoms with Crippen LogP contribution < -0.4 is 25.1 Å². The van der Waals surface area contributed by atoms with Gasteiger partial charge in [0.1, 0.15) is 11.4 Å². The monoisotopic (exact) mass is 476 g/mol. The zero-order valence-corrected chi connectivity index (χ0v) is 20.4. The van der Waals surface area contributed by atoms with Crippen molar-refractivity contribution in [3.63, 3.8) is 0 Å². The summed E-state index contributed by atoms with van der Waals surface area (Å²) in [5.41, 5.74) is 3.74. The number of carbonyl (C=O) groups excluding carboxylic acids is 1. The van der Waals surface area contributed by atoms with E-state index >= 15 is 0 Å². The second-order valence-corrected chi connectivity index (χ2v) is 8.05. The van der Waals surface area contributed by atoms with Gasteiger partial charge < -0.3 is 24.1 Å². The molecular weight excluding hydrogens is 448 g/mol. The van der Waals surface area contributed by atoms with Crippen molar-refractivity contribution < 1.29 is 19.0 Å². The smallest absolute Gasteiger partial charge is 0.277 e. The van der Waals surface area contributed by atoms with Gasteiger partial charge in [-0.15, -0.1) is 0 Å². The van der Waals surface area contributed by atoms with Gasteiger partial charge in [-0.2, -0.15) is 9.61 Å². The van der Waals surface area contributed by atoms with Crippen LogP contribution in [0.3, 0.4) is 0 Å². The van der Waals surface area contributed by atoms with Gasteiger partial charge in [0, 0.05) is 36.4 Å². The van der Waals surface area contributed by atoms with Crippen molar-refractivity contribution in [2.24, 2.45) is 7.05 Å². The normalized spacial score (nSPS) is 10.9. The van der Waals surface area contributed by atoms with Crippen molar-refractivity contribution in [1.29, 1.82) is 0 Å². The van der Waals surface area contributed by atoms with Gasteiger partial charge in [0.25, 0.3) is 5.56 Å². The molecule has 0 spiro atoms. The number of para-hydroxylation sites is 2. The maximum atomic E-state index is 13.3. The van der Waals surface area contributed by atoms with Crippen LogP contribution in [-0.4, -0.2) is 41.4 Å². The summed E-state index contributed by atoms with van der Waals surface area (Å²) in [7, 11) is 6.57. The molecule has 0 bridgehead atoms. The Bertz CT molecular complexity index is 1450. The third-order valence-corrected chi connectivity index (χ3v) is 6.09. The first-order valence-corrected chi connectivity index (χ1v) is 11.1. The third kappa shape index (κ3) is 4.57. The second kappa shape index (κ2) is 9.92. The summed E-state index contributed by atoms with van der Waals surface area (Å²) < 4.78 is 19.3. The summed E-state index contributed by atoms with van der Waals surface area (Å²) >= 11 is 0. The Hall–Kier alpha value is -4.27. The van der Waals surface area contributed by atoms with Crippen molar-refractivity contribution in [3.8, 4) is 28.5 Å². The Morgan fingerprint density at radius 3 is 2.40 bits per heavy atom. The highest BCUT2D eigenvalue weighted by Crippen LogP contribution is 2.32. The lowest BCUT2D eigenvalue weighted by atomic mass is 10.1. The molecule has 2 aromatic heterocycles. The van der Waals surface area contributed by atoms with Crippen LogP contribution in [0.4, 0.5) is 5.69 Å². The summed E-state index contributed by atoms with van der Waals surface area (Å²) in [6.45, 7) is 1.87. The second-order valence-electron chi connectivity index (χ2n) is 8.05. The van der Waals surface area contributed by atoms with Gasteiger partial charge in [-0.05, 0) is 43.7 Å². The van der Waals surface area contributed by atoms with Crippen molar-refractivity contribution in [2.75, 3.05) is 26.6 Å². The van der Waals surface area contributed by atoms with Crippen LogP contribution in [0.15, 0.2) is 53.3 Å². The number of hydrogen-bond acceptors (Lipinski definition) is 6. The quantitative estimate of drug-likeness (QED) is 0.417. The van der Waals surface area contributed by atoms with Crippen molar-refractivity contribution in [3.05, 3.63) is 70.1 Å². The van der Waals surface area contributed by atoms with Gasteiger partial charge in [-0.3, -0.25) is 9.59 Å². The van der Waals surface area contributed by atoms with Crippen LogP contribution in [-0.2, 0) is 18.3 Å². The number of ether oxygens (including phenoxy) is 3. The Morgan fingerprint density at radius 2 is 1.69 bits per heavy atom. The number of rotatable bonds is 8. The first-order valence-electron chi connectivity index (χ1n) is 11.1. The highest BCUT2D eigenvalue weighted by Gasteiger charge is 2.18. The molecule has 9 heteroatoms.